The van der Waals surface area contributed by atoms with E-state index in [0.717, 1.165) is 10.2 Å². The third-order valence-corrected chi connectivity index (χ3v) is 3.82. The van der Waals surface area contributed by atoms with Crippen LogP contribution < -0.4 is 11.1 Å². The van der Waals surface area contributed by atoms with Gasteiger partial charge in [0.2, 0.25) is 0 Å². The van der Waals surface area contributed by atoms with Crippen molar-refractivity contribution < 1.29 is 4.79 Å². The molecule has 0 spiro atoms. The Labute approximate surface area is 119 Å². The van der Waals surface area contributed by atoms with Gasteiger partial charge in [-0.1, -0.05) is 23.5 Å². The van der Waals surface area contributed by atoms with Gasteiger partial charge in [0.15, 0.2) is 5.13 Å². The Morgan fingerprint density at radius 1 is 1.35 bits per heavy atom. The number of nitrogens with one attached hydrogen (secondary N) is 1. The van der Waals surface area contributed by atoms with Crippen molar-refractivity contribution in [2.24, 2.45) is 0 Å². The molecule has 2 heterocycles. The fourth-order valence-electron chi connectivity index (χ4n) is 1.87. The molecule has 0 aliphatic rings. The molecule has 0 saturated heterocycles. The molecule has 100 valence electrons. The summed E-state index contributed by atoms with van der Waals surface area (Å²) < 4.78 is 1.03. The highest BCUT2D eigenvalue weighted by molar-refractivity contribution is 7.22. The molecule has 3 aromatic rings. The molecular formula is C14H12N4OS. The molecular weight excluding hydrogens is 272 g/mol. The Hall–Kier alpha value is -2.47. The number of carbonyl (C=O) groups excluding carboxylic acids is 1. The highest BCUT2D eigenvalue weighted by Crippen LogP contribution is 2.26. The van der Waals surface area contributed by atoms with E-state index in [1.54, 1.807) is 13.0 Å². The lowest BCUT2D eigenvalue weighted by Crippen LogP contribution is -2.14. The summed E-state index contributed by atoms with van der Waals surface area (Å²) in [5.74, 6) is -0.249. The van der Waals surface area contributed by atoms with E-state index in [-0.39, 0.29) is 5.91 Å². The molecule has 0 fully saturated rings. The number of anilines is 2. The number of fused-ring (bicyclic) bond motifs is 1. The monoisotopic (exact) mass is 284 g/mol. The van der Waals surface area contributed by atoms with Crippen molar-refractivity contribution in [3.05, 3.63) is 47.8 Å². The lowest BCUT2D eigenvalue weighted by atomic mass is 10.2. The Kier molecular flexibility index (Phi) is 3.08. The van der Waals surface area contributed by atoms with Crippen molar-refractivity contribution in [3.63, 3.8) is 0 Å². The molecule has 20 heavy (non-hydrogen) atoms. The van der Waals surface area contributed by atoms with Crippen LogP contribution in [0, 0.1) is 6.92 Å². The third-order valence-electron chi connectivity index (χ3n) is 2.87. The number of amides is 1. The minimum atomic E-state index is -0.249. The van der Waals surface area contributed by atoms with Crippen molar-refractivity contribution in [1.29, 1.82) is 0 Å². The van der Waals surface area contributed by atoms with Crippen LogP contribution in [0.4, 0.5) is 10.8 Å². The van der Waals surface area contributed by atoms with Crippen molar-refractivity contribution in [3.8, 4) is 0 Å². The van der Waals surface area contributed by atoms with Gasteiger partial charge in [0, 0.05) is 0 Å². The Balaban J connectivity index is 1.90. The minimum Gasteiger partial charge on any atom is -0.397 e. The maximum Gasteiger partial charge on any atom is 0.259 e. The van der Waals surface area contributed by atoms with Gasteiger partial charge in [0.1, 0.15) is 0 Å². The highest BCUT2D eigenvalue weighted by Gasteiger charge is 2.13. The molecule has 0 aliphatic carbocycles. The average Bonchev–Trinajstić information content (AvgIpc) is 2.83. The lowest BCUT2D eigenvalue weighted by Gasteiger charge is -2.05. The molecule has 1 aromatic carbocycles. The molecule has 1 amide bonds. The number of nitrogen functional groups attached to an aromatic ring is 1. The van der Waals surface area contributed by atoms with Gasteiger partial charge >= 0.3 is 0 Å². The standard InChI is InChI=1S/C14H12N4OS/c1-8-10(6-9(15)7-16-8)13(19)18-14-17-11-4-2-3-5-12(11)20-14/h2-7H,15H2,1H3,(H,17,18,19). The predicted molar refractivity (Wildman–Crippen MR) is 81.0 cm³/mol. The number of rotatable bonds is 2. The van der Waals surface area contributed by atoms with Crippen LogP contribution in [-0.2, 0) is 0 Å². The fourth-order valence-corrected chi connectivity index (χ4v) is 2.73. The van der Waals surface area contributed by atoms with Gasteiger partial charge in [-0.2, -0.15) is 0 Å². The summed E-state index contributed by atoms with van der Waals surface area (Å²) in [5, 5.41) is 3.36. The number of pyridine rings is 1. The van der Waals surface area contributed by atoms with E-state index in [2.05, 4.69) is 15.3 Å². The second kappa shape index (κ2) is 4.90. The number of carbonyl (C=O) groups is 1. The van der Waals surface area contributed by atoms with E-state index in [4.69, 9.17) is 5.73 Å². The minimum absolute atomic E-state index is 0.249. The van der Waals surface area contributed by atoms with Crippen LogP contribution in [0.5, 0.6) is 0 Å². The van der Waals surface area contributed by atoms with Crippen LogP contribution in [-0.4, -0.2) is 15.9 Å². The smallest absolute Gasteiger partial charge is 0.259 e. The Morgan fingerprint density at radius 3 is 2.95 bits per heavy atom. The first-order valence-corrected chi connectivity index (χ1v) is 6.84. The van der Waals surface area contributed by atoms with Gasteiger partial charge in [-0.25, -0.2) is 4.98 Å². The van der Waals surface area contributed by atoms with Gasteiger partial charge in [0.05, 0.1) is 33.4 Å². The van der Waals surface area contributed by atoms with Crippen LogP contribution in [0.25, 0.3) is 10.2 Å². The SMILES string of the molecule is Cc1ncc(N)cc1C(=O)Nc1nc2ccccc2s1. The average molecular weight is 284 g/mol. The van der Waals surface area contributed by atoms with Gasteiger partial charge < -0.3 is 5.73 Å². The molecule has 3 N–H and O–H groups in total. The highest BCUT2D eigenvalue weighted by atomic mass is 32.1. The maximum atomic E-state index is 12.2. The summed E-state index contributed by atoms with van der Waals surface area (Å²) in [5.41, 5.74) is 8.10. The Morgan fingerprint density at radius 2 is 2.15 bits per heavy atom. The zero-order valence-corrected chi connectivity index (χ0v) is 11.6. The zero-order valence-electron chi connectivity index (χ0n) is 10.8. The van der Waals surface area contributed by atoms with Crippen LogP contribution >= 0.6 is 11.3 Å². The number of hydrogen-bond acceptors (Lipinski definition) is 5. The molecule has 6 heteroatoms. The zero-order chi connectivity index (χ0) is 14.1. The first-order valence-electron chi connectivity index (χ1n) is 6.02. The van der Waals surface area contributed by atoms with E-state index in [1.165, 1.54) is 17.5 Å². The topological polar surface area (TPSA) is 80.9 Å². The van der Waals surface area contributed by atoms with E-state index < -0.39 is 0 Å². The number of nitrogens with two attached hydrogens (primary N) is 1. The molecule has 3 rings (SSSR count). The number of benzene rings is 1. The fraction of sp³-hybridized carbons (Fsp3) is 0.0714. The quantitative estimate of drug-likeness (QED) is 0.758. The normalized spacial score (nSPS) is 10.7. The molecule has 0 atom stereocenters. The third kappa shape index (κ3) is 2.33. The lowest BCUT2D eigenvalue weighted by molar-refractivity contribution is 0.102. The van der Waals surface area contributed by atoms with Gasteiger partial charge in [-0.3, -0.25) is 15.1 Å². The molecule has 0 radical (unpaired) electrons. The van der Waals surface area contributed by atoms with Crippen molar-refractivity contribution in [1.82, 2.24) is 9.97 Å². The largest absolute Gasteiger partial charge is 0.397 e. The Bertz CT molecular complexity index is 764. The van der Waals surface area contributed by atoms with E-state index in [1.807, 2.05) is 24.3 Å². The number of para-hydroxylation sites is 1. The summed E-state index contributed by atoms with van der Waals surface area (Å²) in [4.78, 5) is 20.7. The summed E-state index contributed by atoms with van der Waals surface area (Å²) in [6.45, 7) is 1.77. The molecule has 0 bridgehead atoms. The summed E-state index contributed by atoms with van der Waals surface area (Å²) in [7, 11) is 0. The van der Waals surface area contributed by atoms with Crippen LogP contribution in [0.3, 0.4) is 0 Å². The van der Waals surface area contributed by atoms with Gasteiger partial charge in [-0.15, -0.1) is 0 Å². The molecule has 0 aliphatic heterocycles. The van der Waals surface area contributed by atoms with E-state index in [9.17, 15) is 4.79 Å². The molecule has 5 nitrogen and oxygen atoms in total. The molecule has 2 aromatic heterocycles. The summed E-state index contributed by atoms with van der Waals surface area (Å²) in [6, 6.07) is 9.35. The summed E-state index contributed by atoms with van der Waals surface area (Å²) in [6.07, 6.45) is 1.53. The van der Waals surface area contributed by atoms with E-state index in [0.29, 0.717) is 22.1 Å². The number of aryl methyl sites for hydroxylation is 1. The number of hydrogen-bond donors (Lipinski definition) is 2. The number of thiazole rings is 1. The second-order valence-corrected chi connectivity index (χ2v) is 5.37. The second-order valence-electron chi connectivity index (χ2n) is 4.34. The molecule has 0 saturated carbocycles. The van der Waals surface area contributed by atoms with Crippen LogP contribution in [0.2, 0.25) is 0 Å². The molecule has 0 unspecified atom stereocenters. The number of nitrogens with zero attached hydrogens (tertiary/aromatic N) is 2. The van der Waals surface area contributed by atoms with Crippen LogP contribution in [0.1, 0.15) is 16.1 Å². The summed E-state index contributed by atoms with van der Waals surface area (Å²) >= 11 is 1.44. The first-order chi connectivity index (χ1) is 9.63. The number of aromatic nitrogens is 2. The van der Waals surface area contributed by atoms with Gasteiger partial charge in [-0.05, 0) is 25.1 Å². The maximum absolute atomic E-state index is 12.2. The van der Waals surface area contributed by atoms with Crippen molar-refractivity contribution in [2.75, 3.05) is 11.1 Å². The predicted octanol–water partition coefficient (Wildman–Crippen LogP) is 2.83. The van der Waals surface area contributed by atoms with Crippen molar-refractivity contribution >= 4 is 38.3 Å². The van der Waals surface area contributed by atoms with Gasteiger partial charge in [0.25, 0.3) is 5.91 Å². The van der Waals surface area contributed by atoms with Crippen LogP contribution in [0.15, 0.2) is 36.5 Å². The van der Waals surface area contributed by atoms with Crippen molar-refractivity contribution in [2.45, 2.75) is 6.92 Å². The first kappa shape index (κ1) is 12.6. The van der Waals surface area contributed by atoms with E-state index >= 15 is 0 Å².